The Bertz CT molecular complexity index is 1780. The molecule has 4 aliphatic rings. The number of thioether (sulfide) groups is 1. The SMILES string of the molecule is CC(C)(C)[Si](C)(C)OC(/C=C\[C@H]1CC[C@@H]1CSc1ncccn1)[C@@H]1CC[C@H]1CN1CC2(CCCc3cc(Cl)ccc32)COc2ccc(C(=O)O)cc21. The van der Waals surface area contributed by atoms with Crippen molar-refractivity contribution in [3.63, 3.8) is 0 Å². The minimum Gasteiger partial charge on any atom is -0.490 e. The summed E-state index contributed by atoms with van der Waals surface area (Å²) in [4.78, 5) is 23.5. The first-order valence-electron chi connectivity index (χ1n) is 19.1. The maximum atomic E-state index is 12.2. The Morgan fingerprint density at radius 2 is 1.92 bits per heavy atom. The number of carboxylic acids is 1. The molecule has 7 nitrogen and oxygen atoms in total. The van der Waals surface area contributed by atoms with Crippen LogP contribution in [0.25, 0.3) is 0 Å². The number of benzene rings is 2. The molecule has 278 valence electrons. The fraction of sp³-hybridized carbons (Fsp3) is 0.548. The van der Waals surface area contributed by atoms with Crippen LogP contribution < -0.4 is 9.64 Å². The fourth-order valence-corrected chi connectivity index (χ4v) is 10.9. The maximum absolute atomic E-state index is 12.2. The average Bonchev–Trinajstić information content (AvgIpc) is 3.22. The van der Waals surface area contributed by atoms with Crippen molar-refractivity contribution in [2.75, 3.05) is 30.3 Å². The van der Waals surface area contributed by atoms with Crippen LogP contribution in [0, 0.1) is 23.7 Å². The van der Waals surface area contributed by atoms with Crippen molar-refractivity contribution < 1.29 is 19.1 Å². The highest BCUT2D eigenvalue weighted by Crippen LogP contribution is 2.49. The Labute approximate surface area is 320 Å². The number of rotatable bonds is 11. The number of ether oxygens (including phenoxy) is 1. The van der Waals surface area contributed by atoms with E-state index in [1.807, 2.05) is 36.7 Å². The van der Waals surface area contributed by atoms with Gasteiger partial charge >= 0.3 is 5.97 Å². The summed E-state index contributed by atoms with van der Waals surface area (Å²) < 4.78 is 14.0. The molecule has 3 aromatic rings. The number of halogens is 1. The van der Waals surface area contributed by atoms with Gasteiger partial charge in [0, 0.05) is 41.7 Å². The summed E-state index contributed by atoms with van der Waals surface area (Å²) in [6.45, 7) is 13.9. The van der Waals surface area contributed by atoms with Crippen molar-refractivity contribution in [1.82, 2.24) is 9.97 Å². The van der Waals surface area contributed by atoms with Gasteiger partial charge in [-0.05, 0) is 134 Å². The number of fused-ring (bicyclic) bond motifs is 3. The summed E-state index contributed by atoms with van der Waals surface area (Å²) in [5.41, 5.74) is 3.59. The standard InChI is InChI=1S/C42H54ClN3O4SSi/c1-41(2,3)52(4,5)50-37(17-12-28-9-10-32(28)25-51-40-44-20-7-21-45-40)34-15-11-31(34)24-46-26-42(19-6-8-29-22-33(43)14-16-35(29)42)27-49-38-18-13-30(39(47)48)23-36(38)46/h7,12-14,16-18,20-23,28,31-32,34,37H,6,8-11,15,19,24-27H2,1-5H3,(H,47,48)/b17-12-/t28-,31+,32-,34-,37?,42?/m1/s1. The topological polar surface area (TPSA) is 84.8 Å². The summed E-state index contributed by atoms with van der Waals surface area (Å²) in [6, 6.07) is 13.6. The van der Waals surface area contributed by atoms with Crippen LogP contribution in [0.4, 0.5) is 5.69 Å². The zero-order chi connectivity index (χ0) is 36.7. The van der Waals surface area contributed by atoms with E-state index in [1.165, 1.54) is 24.0 Å². The molecule has 6 atom stereocenters. The number of allylic oxidation sites excluding steroid dienone is 1. The Balaban J connectivity index is 1.15. The third kappa shape index (κ3) is 7.84. The summed E-state index contributed by atoms with van der Waals surface area (Å²) in [7, 11) is -2.08. The van der Waals surface area contributed by atoms with Crippen molar-refractivity contribution in [3.8, 4) is 5.75 Å². The average molecular weight is 761 g/mol. The lowest BCUT2D eigenvalue weighted by Crippen LogP contribution is -2.52. The molecule has 2 unspecified atom stereocenters. The van der Waals surface area contributed by atoms with E-state index in [9.17, 15) is 9.90 Å². The summed E-state index contributed by atoms with van der Waals surface area (Å²) in [5, 5.41) is 11.7. The maximum Gasteiger partial charge on any atom is 0.335 e. The molecule has 2 fully saturated rings. The molecule has 0 radical (unpaired) electrons. The minimum atomic E-state index is -2.08. The monoisotopic (exact) mass is 759 g/mol. The highest BCUT2D eigenvalue weighted by Gasteiger charge is 2.47. The lowest BCUT2D eigenvalue weighted by atomic mass is 9.68. The van der Waals surface area contributed by atoms with Gasteiger partial charge in [0.15, 0.2) is 13.5 Å². The number of nitrogens with zero attached hydrogens (tertiary/aromatic N) is 3. The second-order valence-corrected chi connectivity index (χ2v) is 23.3. The van der Waals surface area contributed by atoms with E-state index < -0.39 is 14.3 Å². The smallest absolute Gasteiger partial charge is 0.335 e. The first-order valence-corrected chi connectivity index (χ1v) is 23.4. The van der Waals surface area contributed by atoms with Gasteiger partial charge in [-0.2, -0.15) is 0 Å². The van der Waals surface area contributed by atoms with E-state index in [4.69, 9.17) is 20.8 Å². The highest BCUT2D eigenvalue weighted by atomic mass is 35.5. The van der Waals surface area contributed by atoms with Crippen LogP contribution in [0.1, 0.15) is 80.8 Å². The molecule has 2 aromatic carbocycles. The molecular formula is C42H54ClN3O4SSi. The molecular weight excluding hydrogens is 706 g/mol. The quantitative estimate of drug-likeness (QED) is 0.0896. The predicted molar refractivity (Wildman–Crippen MR) is 214 cm³/mol. The third-order valence-corrected chi connectivity index (χ3v) is 18.6. The van der Waals surface area contributed by atoms with Crippen molar-refractivity contribution in [2.45, 2.75) is 101 Å². The van der Waals surface area contributed by atoms with Crippen LogP contribution in [0.3, 0.4) is 0 Å². The fourth-order valence-electron chi connectivity index (χ4n) is 8.42. The molecule has 3 aliphatic carbocycles. The number of hydrogen-bond donors (Lipinski definition) is 1. The Morgan fingerprint density at radius 3 is 2.62 bits per heavy atom. The van der Waals surface area contributed by atoms with Gasteiger partial charge in [0.05, 0.1) is 24.0 Å². The molecule has 2 heterocycles. The minimum absolute atomic E-state index is 0.0468. The van der Waals surface area contributed by atoms with Gasteiger partial charge < -0.3 is 19.2 Å². The van der Waals surface area contributed by atoms with Gasteiger partial charge in [0.1, 0.15) is 5.75 Å². The van der Waals surface area contributed by atoms with Gasteiger partial charge in [0.25, 0.3) is 0 Å². The summed E-state index contributed by atoms with van der Waals surface area (Å²) in [5.74, 6) is 2.85. The predicted octanol–water partition coefficient (Wildman–Crippen LogP) is 10.1. The van der Waals surface area contributed by atoms with Gasteiger partial charge in [-0.15, -0.1) is 0 Å². The number of aromatic nitrogens is 2. The zero-order valence-corrected chi connectivity index (χ0v) is 33.9. The molecule has 0 amide bonds. The summed E-state index contributed by atoms with van der Waals surface area (Å²) >= 11 is 8.25. The molecule has 0 saturated heterocycles. The molecule has 7 rings (SSSR count). The molecule has 1 aromatic heterocycles. The van der Waals surface area contributed by atoms with E-state index >= 15 is 0 Å². The third-order valence-electron chi connectivity index (χ3n) is 12.9. The molecule has 1 N–H and O–H groups in total. The molecule has 52 heavy (non-hydrogen) atoms. The van der Waals surface area contributed by atoms with Gasteiger partial charge in [-0.3, -0.25) is 0 Å². The van der Waals surface area contributed by atoms with Crippen molar-refractivity contribution >= 4 is 43.3 Å². The number of aromatic carboxylic acids is 1. The molecule has 0 bridgehead atoms. The van der Waals surface area contributed by atoms with Crippen LogP contribution in [-0.4, -0.2) is 60.9 Å². The van der Waals surface area contributed by atoms with Gasteiger partial charge in [0.2, 0.25) is 0 Å². The normalized spacial score (nSPS) is 26.5. The molecule has 10 heteroatoms. The van der Waals surface area contributed by atoms with Crippen molar-refractivity contribution in [2.24, 2.45) is 23.7 Å². The first kappa shape index (κ1) is 37.5. The second kappa shape index (κ2) is 15.1. The second-order valence-electron chi connectivity index (χ2n) is 17.2. The molecule has 1 spiro atoms. The molecule has 1 aliphatic heterocycles. The number of aryl methyl sites for hydroxylation is 1. The van der Waals surface area contributed by atoms with Crippen LogP contribution >= 0.6 is 23.4 Å². The lowest BCUT2D eigenvalue weighted by molar-refractivity contribution is 0.0519. The highest BCUT2D eigenvalue weighted by molar-refractivity contribution is 7.99. The first-order chi connectivity index (χ1) is 24.8. The number of carbonyl (C=O) groups is 1. The van der Waals surface area contributed by atoms with Crippen molar-refractivity contribution in [1.29, 1.82) is 0 Å². The Morgan fingerprint density at radius 1 is 1.13 bits per heavy atom. The van der Waals surface area contributed by atoms with E-state index in [0.29, 0.717) is 35.8 Å². The molecule has 2 saturated carbocycles. The Kier molecular flexibility index (Phi) is 10.9. The van der Waals surface area contributed by atoms with E-state index in [-0.39, 0.29) is 16.6 Å². The zero-order valence-electron chi connectivity index (χ0n) is 31.3. The van der Waals surface area contributed by atoms with Crippen LogP contribution in [0.15, 0.2) is 72.2 Å². The number of anilines is 1. The van der Waals surface area contributed by atoms with Gasteiger partial charge in [-0.25, -0.2) is 14.8 Å². The van der Waals surface area contributed by atoms with Gasteiger partial charge in [-0.1, -0.05) is 62.4 Å². The Hall–Kier alpha value is -2.85. The summed E-state index contributed by atoms with van der Waals surface area (Å²) in [6.07, 6.45) is 16.4. The van der Waals surface area contributed by atoms with E-state index in [1.54, 1.807) is 17.8 Å². The van der Waals surface area contributed by atoms with Crippen LogP contribution in [0.5, 0.6) is 5.75 Å². The number of hydrogen-bond acceptors (Lipinski definition) is 7. The largest absolute Gasteiger partial charge is 0.490 e. The lowest BCUT2D eigenvalue weighted by Gasteiger charge is -2.48. The van der Waals surface area contributed by atoms with E-state index in [2.05, 4.69) is 73.0 Å². The number of carboxylic acid groups (broad SMARTS) is 1. The van der Waals surface area contributed by atoms with Crippen molar-refractivity contribution in [3.05, 3.63) is 88.7 Å². The van der Waals surface area contributed by atoms with E-state index in [0.717, 1.165) is 72.6 Å². The van der Waals surface area contributed by atoms with Crippen LogP contribution in [0.2, 0.25) is 23.2 Å². The van der Waals surface area contributed by atoms with Crippen LogP contribution in [-0.2, 0) is 16.3 Å².